The highest BCUT2D eigenvalue weighted by molar-refractivity contribution is 14.1. The second-order valence-electron chi connectivity index (χ2n) is 10.5. The monoisotopic (exact) mass is 703 g/mol. The number of aromatic amines is 1. The van der Waals surface area contributed by atoms with Crippen LogP contribution in [-0.2, 0) is 16.0 Å². The number of benzene rings is 2. The Labute approximate surface area is 264 Å². The number of halogens is 1. The van der Waals surface area contributed by atoms with E-state index in [9.17, 15) is 24.6 Å². The van der Waals surface area contributed by atoms with E-state index in [1.807, 2.05) is 53.8 Å². The molecule has 0 aliphatic heterocycles. The number of aliphatic hydroxyl groups excluding tert-OH is 2. The maximum Gasteiger partial charge on any atom is 0.247 e. The van der Waals surface area contributed by atoms with Crippen molar-refractivity contribution in [2.75, 3.05) is 26.8 Å². The first-order chi connectivity index (χ1) is 20.8. The van der Waals surface area contributed by atoms with Crippen LogP contribution >= 0.6 is 22.6 Å². The summed E-state index contributed by atoms with van der Waals surface area (Å²) in [6.07, 6.45) is 2.57. The summed E-state index contributed by atoms with van der Waals surface area (Å²) in [5.41, 5.74) is 2.70. The molecule has 0 radical (unpaired) electrons. The van der Waals surface area contributed by atoms with Crippen molar-refractivity contribution < 1.29 is 34.1 Å². The molecule has 0 spiro atoms. The fraction of sp³-hybridized carbons (Fsp3) is 0.406. The number of rotatable bonds is 14. The molecule has 43 heavy (non-hydrogen) atoms. The summed E-state index contributed by atoms with van der Waals surface area (Å²) in [7, 11) is 1.45. The molecule has 1 aliphatic rings. The molecule has 10 nitrogen and oxygen atoms in total. The number of nitrogens with zero attached hydrogens (tertiary/aromatic N) is 1. The van der Waals surface area contributed by atoms with E-state index in [1.165, 1.54) is 13.2 Å². The molecule has 2 aromatic carbocycles. The normalized spacial score (nSPS) is 18.2. The Kier molecular flexibility index (Phi) is 11.6. The Morgan fingerprint density at radius 1 is 1.23 bits per heavy atom. The first kappa shape index (κ1) is 32.5. The number of para-hydroxylation sites is 1. The first-order valence-electron chi connectivity index (χ1n) is 14.4. The molecule has 3 atom stereocenters. The summed E-state index contributed by atoms with van der Waals surface area (Å²) in [4.78, 5) is 43.2. The van der Waals surface area contributed by atoms with Crippen molar-refractivity contribution in [3.05, 3.63) is 68.9 Å². The zero-order chi connectivity index (χ0) is 30.9. The van der Waals surface area contributed by atoms with Gasteiger partial charge in [-0.3, -0.25) is 14.4 Å². The molecule has 0 saturated carbocycles. The molecule has 0 saturated heterocycles. The van der Waals surface area contributed by atoms with Gasteiger partial charge in [0, 0.05) is 54.7 Å². The van der Waals surface area contributed by atoms with E-state index in [0.717, 1.165) is 23.0 Å². The zero-order valence-corrected chi connectivity index (χ0v) is 26.5. The van der Waals surface area contributed by atoms with Crippen LogP contribution in [-0.4, -0.2) is 83.3 Å². The van der Waals surface area contributed by atoms with Crippen molar-refractivity contribution in [2.24, 2.45) is 0 Å². The molecule has 0 bridgehead atoms. The fourth-order valence-electron chi connectivity index (χ4n) is 5.29. The number of hydrogen-bond acceptors (Lipinski definition) is 7. The summed E-state index contributed by atoms with van der Waals surface area (Å²) in [6, 6.07) is 12.4. The van der Waals surface area contributed by atoms with Gasteiger partial charge < -0.3 is 34.9 Å². The van der Waals surface area contributed by atoms with E-state index in [1.54, 1.807) is 17.0 Å². The van der Waals surface area contributed by atoms with Crippen molar-refractivity contribution in [1.29, 1.82) is 0 Å². The molecular weight excluding hydrogens is 665 g/mol. The van der Waals surface area contributed by atoms with E-state index < -0.39 is 24.2 Å². The van der Waals surface area contributed by atoms with Gasteiger partial charge in [-0.2, -0.15) is 0 Å². The lowest BCUT2D eigenvalue weighted by Crippen LogP contribution is -2.55. The van der Waals surface area contributed by atoms with Crippen molar-refractivity contribution in [1.82, 2.24) is 15.2 Å². The number of amides is 2. The third kappa shape index (κ3) is 7.95. The Morgan fingerprint density at radius 2 is 2.02 bits per heavy atom. The zero-order valence-electron chi connectivity index (χ0n) is 24.3. The van der Waals surface area contributed by atoms with Crippen LogP contribution in [0.5, 0.6) is 11.5 Å². The fourth-order valence-corrected chi connectivity index (χ4v) is 6.05. The smallest absolute Gasteiger partial charge is 0.247 e. The average molecular weight is 704 g/mol. The number of nitrogens with one attached hydrogen (secondary N) is 2. The van der Waals surface area contributed by atoms with Gasteiger partial charge >= 0.3 is 0 Å². The summed E-state index contributed by atoms with van der Waals surface area (Å²) < 4.78 is 12.4. The number of aromatic nitrogens is 1. The van der Waals surface area contributed by atoms with E-state index in [2.05, 4.69) is 16.4 Å². The van der Waals surface area contributed by atoms with Crippen LogP contribution in [0.1, 0.15) is 48.7 Å². The van der Waals surface area contributed by atoms with Gasteiger partial charge in [0.15, 0.2) is 11.5 Å². The Hall–Kier alpha value is -3.42. The second-order valence-corrected chi connectivity index (χ2v) is 11.7. The van der Waals surface area contributed by atoms with Gasteiger partial charge in [0.2, 0.25) is 11.8 Å². The number of carbonyl (C=O) groups is 3. The molecule has 11 heteroatoms. The number of H-pyrrole nitrogens is 1. The average Bonchev–Trinajstić information content (AvgIpc) is 3.44. The SMILES string of the molecule is CCCCC(=O)N(CCc1cc2ccccc2[nH]1)[C@@H]1CC(C(=O)NCCO)=C[C@H](Oc2c(I)cc(C=O)cc2OC)[C@H]1O. The Bertz CT molecular complexity index is 1440. The molecular formula is C32H38IN3O7. The molecule has 1 aliphatic carbocycles. The van der Waals surface area contributed by atoms with Crippen molar-refractivity contribution in [3.63, 3.8) is 0 Å². The molecule has 4 N–H and O–H groups in total. The Balaban J connectivity index is 1.68. The summed E-state index contributed by atoms with van der Waals surface area (Å²) in [6.45, 7) is 2.17. The maximum atomic E-state index is 13.6. The van der Waals surface area contributed by atoms with Gasteiger partial charge in [-0.15, -0.1) is 0 Å². The highest BCUT2D eigenvalue weighted by atomic mass is 127. The highest BCUT2D eigenvalue weighted by Gasteiger charge is 2.40. The predicted molar refractivity (Wildman–Crippen MR) is 171 cm³/mol. The maximum absolute atomic E-state index is 13.6. The summed E-state index contributed by atoms with van der Waals surface area (Å²) >= 11 is 2.03. The van der Waals surface area contributed by atoms with Crippen LogP contribution in [0.25, 0.3) is 10.9 Å². The highest BCUT2D eigenvalue weighted by Crippen LogP contribution is 2.37. The Morgan fingerprint density at radius 3 is 2.72 bits per heavy atom. The molecule has 0 fully saturated rings. The minimum Gasteiger partial charge on any atom is -0.493 e. The molecule has 0 unspecified atom stereocenters. The molecule has 3 aromatic rings. The predicted octanol–water partition coefficient (Wildman–Crippen LogP) is 3.77. The molecule has 230 valence electrons. The van der Waals surface area contributed by atoms with Gasteiger partial charge in [-0.25, -0.2) is 0 Å². The van der Waals surface area contributed by atoms with Gasteiger partial charge in [0.1, 0.15) is 18.5 Å². The van der Waals surface area contributed by atoms with Crippen LogP contribution < -0.4 is 14.8 Å². The minimum atomic E-state index is -1.17. The van der Waals surface area contributed by atoms with E-state index >= 15 is 0 Å². The number of unbranched alkanes of at least 4 members (excludes halogenated alkanes) is 1. The molecule has 4 rings (SSSR count). The lowest BCUT2D eigenvalue weighted by atomic mass is 9.87. The molecule has 1 aromatic heterocycles. The second kappa shape index (κ2) is 15.3. The van der Waals surface area contributed by atoms with Crippen LogP contribution in [0, 0.1) is 3.57 Å². The van der Waals surface area contributed by atoms with Crippen molar-refractivity contribution in [3.8, 4) is 11.5 Å². The lowest BCUT2D eigenvalue weighted by molar-refractivity contribution is -0.138. The number of aliphatic hydroxyl groups is 2. The van der Waals surface area contributed by atoms with Gasteiger partial charge in [-0.1, -0.05) is 31.5 Å². The number of aldehydes is 1. The van der Waals surface area contributed by atoms with Gasteiger partial charge in [0.05, 0.1) is 23.3 Å². The van der Waals surface area contributed by atoms with Crippen LogP contribution in [0.15, 0.2) is 54.1 Å². The number of methoxy groups -OCH3 is 1. The van der Waals surface area contributed by atoms with Crippen LogP contribution in [0.2, 0.25) is 0 Å². The third-order valence-corrected chi connectivity index (χ3v) is 8.33. The van der Waals surface area contributed by atoms with Crippen LogP contribution in [0.3, 0.4) is 0 Å². The van der Waals surface area contributed by atoms with Crippen molar-refractivity contribution >= 4 is 51.6 Å². The summed E-state index contributed by atoms with van der Waals surface area (Å²) in [5.74, 6) is 0.0961. The number of hydrogen-bond donors (Lipinski definition) is 4. The van der Waals surface area contributed by atoms with Crippen molar-refractivity contribution in [2.45, 2.75) is 57.3 Å². The molecule has 1 heterocycles. The number of ether oxygens (including phenoxy) is 2. The van der Waals surface area contributed by atoms with E-state index in [0.29, 0.717) is 58.3 Å². The number of fused-ring (bicyclic) bond motifs is 1. The lowest BCUT2D eigenvalue weighted by Gasteiger charge is -2.40. The standard InChI is InChI=1S/C32H38IN3O7/c1-3-4-9-29(39)36(12-10-23-16-21-7-5-6-8-25(21)35-23)26-17-22(32(41)34-11-13-37)18-27(30(26)40)43-31-24(33)14-20(19-38)15-28(31)42-2/h5-8,14-16,18-19,26-27,30,35,37,40H,3-4,9-13,17H2,1-2H3,(H,34,41)/t26-,27+,30+/m1/s1. The van der Waals surface area contributed by atoms with Gasteiger partial charge in [-0.05, 0) is 64.7 Å². The van der Waals surface area contributed by atoms with E-state index in [-0.39, 0.29) is 25.5 Å². The topological polar surface area (TPSA) is 141 Å². The molecule has 2 amide bonds. The third-order valence-electron chi connectivity index (χ3n) is 7.53. The quantitative estimate of drug-likeness (QED) is 0.148. The van der Waals surface area contributed by atoms with Gasteiger partial charge in [0.25, 0.3) is 0 Å². The minimum absolute atomic E-state index is 0.0628. The van der Waals surface area contributed by atoms with E-state index in [4.69, 9.17) is 9.47 Å². The largest absolute Gasteiger partial charge is 0.493 e. The summed E-state index contributed by atoms with van der Waals surface area (Å²) in [5, 5.41) is 24.7. The number of carbonyl (C=O) groups excluding carboxylic acids is 3. The first-order valence-corrected chi connectivity index (χ1v) is 15.5. The van der Waals surface area contributed by atoms with Crippen LogP contribution in [0.4, 0.5) is 0 Å².